The van der Waals surface area contributed by atoms with Crippen LogP contribution in [0.1, 0.15) is 49.5 Å². The van der Waals surface area contributed by atoms with Crippen molar-refractivity contribution in [1.82, 2.24) is 5.32 Å². The molecule has 0 fully saturated rings. The van der Waals surface area contributed by atoms with Crippen molar-refractivity contribution in [3.05, 3.63) is 35.4 Å². The van der Waals surface area contributed by atoms with Gasteiger partial charge in [0.2, 0.25) is 5.91 Å². The minimum atomic E-state index is -0.354. The van der Waals surface area contributed by atoms with Gasteiger partial charge in [-0.3, -0.25) is 4.79 Å². The molecule has 0 bridgehead atoms. The average Bonchev–Trinajstić information content (AvgIpc) is 2.49. The molecule has 1 aromatic rings. The third kappa shape index (κ3) is 5.98. The zero-order valence-electron chi connectivity index (χ0n) is 13.3. The summed E-state index contributed by atoms with van der Waals surface area (Å²) in [5, 5.41) is 2.93. The van der Waals surface area contributed by atoms with Gasteiger partial charge >= 0.3 is 5.97 Å². The van der Waals surface area contributed by atoms with Crippen LogP contribution in [-0.2, 0) is 16.1 Å². The summed E-state index contributed by atoms with van der Waals surface area (Å²) in [6, 6.07) is 7.06. The number of methoxy groups -OCH3 is 1. The van der Waals surface area contributed by atoms with E-state index in [0.29, 0.717) is 18.0 Å². The van der Waals surface area contributed by atoms with Crippen LogP contribution in [0.3, 0.4) is 0 Å². The third-order valence-corrected chi connectivity index (χ3v) is 3.47. The molecule has 0 aliphatic heterocycles. The van der Waals surface area contributed by atoms with E-state index in [4.69, 9.17) is 0 Å². The number of rotatable bonds is 7. The summed E-state index contributed by atoms with van der Waals surface area (Å²) in [6.07, 6.45) is 1.97. The Labute approximate surface area is 126 Å². The molecule has 1 amide bonds. The largest absolute Gasteiger partial charge is 0.465 e. The normalized spacial score (nSPS) is 12.0. The number of ether oxygens (including phenoxy) is 1. The fourth-order valence-corrected chi connectivity index (χ4v) is 1.95. The van der Waals surface area contributed by atoms with Crippen molar-refractivity contribution in [2.75, 3.05) is 7.11 Å². The lowest BCUT2D eigenvalue weighted by molar-refractivity contribution is -0.124. The van der Waals surface area contributed by atoms with Crippen molar-refractivity contribution in [3.8, 4) is 0 Å². The number of carbonyl (C=O) groups excluding carboxylic acids is 2. The highest BCUT2D eigenvalue weighted by molar-refractivity contribution is 5.89. The maximum absolute atomic E-state index is 12.0. The van der Waals surface area contributed by atoms with E-state index in [1.807, 2.05) is 19.1 Å². The SMILES string of the molecule is COC(=O)c1ccc(CNC(=O)[C@H](C)CCC(C)C)cc1. The summed E-state index contributed by atoms with van der Waals surface area (Å²) in [4.78, 5) is 23.3. The Bertz CT molecular complexity index is 465. The third-order valence-electron chi connectivity index (χ3n) is 3.47. The van der Waals surface area contributed by atoms with E-state index in [0.717, 1.165) is 18.4 Å². The molecule has 4 heteroatoms. The molecule has 0 unspecified atom stereocenters. The minimum Gasteiger partial charge on any atom is -0.465 e. The molecule has 4 nitrogen and oxygen atoms in total. The van der Waals surface area contributed by atoms with Crippen molar-refractivity contribution < 1.29 is 14.3 Å². The molecular formula is C17H25NO3. The molecule has 1 rings (SSSR count). The predicted octanol–water partition coefficient (Wildman–Crippen LogP) is 3.16. The number of benzene rings is 1. The molecule has 0 aliphatic carbocycles. The lowest BCUT2D eigenvalue weighted by atomic mass is 9.98. The molecule has 116 valence electrons. The lowest BCUT2D eigenvalue weighted by Crippen LogP contribution is -2.28. The zero-order valence-corrected chi connectivity index (χ0v) is 13.3. The van der Waals surface area contributed by atoms with E-state index in [1.165, 1.54) is 7.11 Å². The second-order valence-corrected chi connectivity index (χ2v) is 5.78. The van der Waals surface area contributed by atoms with Crippen LogP contribution in [0.25, 0.3) is 0 Å². The van der Waals surface area contributed by atoms with Crippen molar-refractivity contribution >= 4 is 11.9 Å². The monoisotopic (exact) mass is 291 g/mol. The van der Waals surface area contributed by atoms with Crippen molar-refractivity contribution in [1.29, 1.82) is 0 Å². The van der Waals surface area contributed by atoms with E-state index >= 15 is 0 Å². The van der Waals surface area contributed by atoms with Crippen LogP contribution >= 0.6 is 0 Å². The number of esters is 1. The van der Waals surface area contributed by atoms with Crippen LogP contribution in [0.2, 0.25) is 0 Å². The van der Waals surface area contributed by atoms with Crippen LogP contribution in [0.5, 0.6) is 0 Å². The fraction of sp³-hybridized carbons (Fsp3) is 0.529. The van der Waals surface area contributed by atoms with Gasteiger partial charge in [-0.05, 0) is 30.0 Å². The van der Waals surface area contributed by atoms with Crippen LogP contribution < -0.4 is 5.32 Å². The molecule has 0 saturated heterocycles. The van der Waals surface area contributed by atoms with Gasteiger partial charge in [0.25, 0.3) is 0 Å². The summed E-state index contributed by atoms with van der Waals surface area (Å²) in [5.41, 5.74) is 1.48. The van der Waals surface area contributed by atoms with Crippen molar-refractivity contribution in [3.63, 3.8) is 0 Å². The van der Waals surface area contributed by atoms with Gasteiger partial charge in [-0.2, -0.15) is 0 Å². The topological polar surface area (TPSA) is 55.4 Å². The average molecular weight is 291 g/mol. The van der Waals surface area contributed by atoms with Crippen LogP contribution in [0.15, 0.2) is 24.3 Å². The van der Waals surface area contributed by atoms with Gasteiger partial charge in [-0.25, -0.2) is 4.79 Å². The van der Waals surface area contributed by atoms with Gasteiger partial charge in [0.1, 0.15) is 0 Å². The number of nitrogens with one attached hydrogen (secondary N) is 1. The zero-order chi connectivity index (χ0) is 15.8. The molecule has 0 aromatic heterocycles. The first kappa shape index (κ1) is 17.2. The van der Waals surface area contributed by atoms with Gasteiger partial charge in [0, 0.05) is 12.5 Å². The van der Waals surface area contributed by atoms with Crippen molar-refractivity contribution in [2.24, 2.45) is 11.8 Å². The fourth-order valence-electron chi connectivity index (χ4n) is 1.95. The van der Waals surface area contributed by atoms with E-state index in [1.54, 1.807) is 12.1 Å². The molecular weight excluding hydrogens is 266 g/mol. The van der Waals surface area contributed by atoms with Gasteiger partial charge in [-0.15, -0.1) is 0 Å². The standard InChI is InChI=1S/C17H25NO3/c1-12(2)5-6-13(3)16(19)18-11-14-7-9-15(10-8-14)17(20)21-4/h7-10,12-13H,5-6,11H2,1-4H3,(H,18,19)/t13-/m1/s1. The Morgan fingerprint density at radius 1 is 1.10 bits per heavy atom. The maximum Gasteiger partial charge on any atom is 0.337 e. The van der Waals surface area contributed by atoms with E-state index in [2.05, 4.69) is 23.9 Å². The molecule has 1 N–H and O–H groups in total. The predicted molar refractivity (Wildman–Crippen MR) is 82.9 cm³/mol. The first-order valence-electron chi connectivity index (χ1n) is 7.39. The highest BCUT2D eigenvalue weighted by Gasteiger charge is 2.13. The number of carbonyl (C=O) groups is 2. The van der Waals surface area contributed by atoms with Gasteiger partial charge in [0.15, 0.2) is 0 Å². The Kier molecular flexibility index (Phi) is 6.92. The molecule has 21 heavy (non-hydrogen) atoms. The first-order chi connectivity index (χ1) is 9.93. The summed E-state index contributed by atoms with van der Waals surface area (Å²) in [7, 11) is 1.36. The second-order valence-electron chi connectivity index (χ2n) is 5.78. The van der Waals surface area contributed by atoms with Gasteiger partial charge < -0.3 is 10.1 Å². The maximum atomic E-state index is 12.0. The molecule has 0 aliphatic rings. The lowest BCUT2D eigenvalue weighted by Gasteiger charge is -2.13. The molecule has 0 heterocycles. The Morgan fingerprint density at radius 3 is 2.24 bits per heavy atom. The second kappa shape index (κ2) is 8.45. The molecule has 0 spiro atoms. The van der Waals surface area contributed by atoms with Gasteiger partial charge in [-0.1, -0.05) is 39.3 Å². The smallest absolute Gasteiger partial charge is 0.337 e. The Hall–Kier alpha value is -1.84. The number of hydrogen-bond acceptors (Lipinski definition) is 3. The highest BCUT2D eigenvalue weighted by atomic mass is 16.5. The van der Waals surface area contributed by atoms with E-state index in [-0.39, 0.29) is 17.8 Å². The highest BCUT2D eigenvalue weighted by Crippen LogP contribution is 2.12. The number of hydrogen-bond donors (Lipinski definition) is 1. The van der Waals surface area contributed by atoms with Crippen molar-refractivity contribution in [2.45, 2.75) is 40.2 Å². The first-order valence-corrected chi connectivity index (χ1v) is 7.39. The summed E-state index contributed by atoms with van der Waals surface area (Å²) in [6.45, 7) is 6.76. The molecule has 0 radical (unpaired) electrons. The van der Waals surface area contributed by atoms with Crippen LogP contribution in [0.4, 0.5) is 0 Å². The molecule has 1 aromatic carbocycles. The molecule has 0 saturated carbocycles. The quantitative estimate of drug-likeness (QED) is 0.785. The number of amides is 1. The van der Waals surface area contributed by atoms with Gasteiger partial charge in [0.05, 0.1) is 12.7 Å². The summed E-state index contributed by atoms with van der Waals surface area (Å²) >= 11 is 0. The van der Waals surface area contributed by atoms with Crippen LogP contribution in [-0.4, -0.2) is 19.0 Å². The molecule has 1 atom stereocenters. The Balaban J connectivity index is 2.44. The van der Waals surface area contributed by atoms with E-state index in [9.17, 15) is 9.59 Å². The summed E-state index contributed by atoms with van der Waals surface area (Å²) < 4.78 is 4.64. The van der Waals surface area contributed by atoms with E-state index < -0.39 is 0 Å². The summed E-state index contributed by atoms with van der Waals surface area (Å²) in [5.74, 6) is 0.369. The van der Waals surface area contributed by atoms with Crippen LogP contribution in [0, 0.1) is 11.8 Å². The Morgan fingerprint density at radius 2 is 1.71 bits per heavy atom. The minimum absolute atomic E-state index is 0.0294.